The monoisotopic (exact) mass is 608 g/mol. The van der Waals surface area contributed by atoms with E-state index in [0.717, 1.165) is 0 Å². The summed E-state index contributed by atoms with van der Waals surface area (Å²) in [5.74, 6) is -3.15. The first-order valence-corrected chi connectivity index (χ1v) is 15.0. The van der Waals surface area contributed by atoms with Gasteiger partial charge >= 0.3 is 23.9 Å². The van der Waals surface area contributed by atoms with E-state index in [1.165, 1.54) is 10.1 Å². The Morgan fingerprint density at radius 3 is 1.07 bits per heavy atom. The number of esters is 2. The van der Waals surface area contributed by atoms with Gasteiger partial charge < -0.3 is 19.1 Å². The molecule has 0 N–H and O–H groups in total. The van der Waals surface area contributed by atoms with E-state index in [9.17, 15) is 19.2 Å². The van der Waals surface area contributed by atoms with Crippen LogP contribution in [0.1, 0.15) is 102 Å². The van der Waals surface area contributed by atoms with Crippen LogP contribution in [0.15, 0.2) is 60.7 Å². The molecule has 0 unspecified atom stereocenters. The summed E-state index contributed by atoms with van der Waals surface area (Å²) in [7, 11) is 0. The van der Waals surface area contributed by atoms with Gasteiger partial charge in [0.1, 0.15) is 12.2 Å². The smallest absolute Gasteiger partial charge is 0.438 e. The molecule has 0 radical (unpaired) electrons. The van der Waals surface area contributed by atoms with Crippen molar-refractivity contribution in [3.05, 3.63) is 71.8 Å². The molecule has 2 heterocycles. The number of carbonyl (C=O) groups excluding carboxylic acids is 4. The first-order chi connectivity index (χ1) is 20.4. The van der Waals surface area contributed by atoms with Crippen LogP contribution in [0.3, 0.4) is 0 Å². The fourth-order valence-electron chi connectivity index (χ4n) is 6.83. The summed E-state index contributed by atoms with van der Waals surface area (Å²) >= 11 is 0. The highest BCUT2D eigenvalue weighted by Crippen LogP contribution is 2.42. The average Bonchev–Trinajstić information content (AvgIpc) is 2.92. The minimum atomic E-state index is -1.16. The summed E-state index contributed by atoms with van der Waals surface area (Å²) in [6.07, 6.45) is 0.681. The number of carbonyl (C=O) groups is 4. The molecule has 0 bridgehead atoms. The van der Waals surface area contributed by atoms with Gasteiger partial charge in [0, 0.05) is 25.7 Å². The predicted molar refractivity (Wildman–Crippen MR) is 162 cm³/mol. The Kier molecular flexibility index (Phi) is 9.28. The third-order valence-electron chi connectivity index (χ3n) is 8.19. The Bertz CT molecular complexity index is 1230. The maximum atomic E-state index is 13.2. The quantitative estimate of drug-likeness (QED) is 0.301. The van der Waals surface area contributed by atoms with Crippen LogP contribution in [0.2, 0.25) is 0 Å². The highest BCUT2D eigenvalue weighted by atomic mass is 16.8. The second-order valence-corrected chi connectivity index (χ2v) is 14.2. The molecular formula is C34H44N2O8. The fraction of sp³-hybridized carbons (Fsp3) is 0.529. The van der Waals surface area contributed by atoms with Crippen molar-refractivity contribution in [2.45, 2.75) is 115 Å². The normalized spacial score (nSPS) is 21.5. The van der Waals surface area contributed by atoms with Crippen LogP contribution in [-0.2, 0) is 28.7 Å². The van der Waals surface area contributed by atoms with Crippen molar-refractivity contribution in [2.24, 2.45) is 0 Å². The molecule has 0 saturated carbocycles. The van der Waals surface area contributed by atoms with Gasteiger partial charge in [-0.2, -0.15) is 0 Å². The molecule has 2 aromatic carbocycles. The summed E-state index contributed by atoms with van der Waals surface area (Å²) < 4.78 is 11.6. The van der Waals surface area contributed by atoms with Crippen molar-refractivity contribution in [1.29, 1.82) is 0 Å². The second kappa shape index (κ2) is 12.3. The zero-order valence-electron chi connectivity index (χ0n) is 26.9. The van der Waals surface area contributed by atoms with E-state index in [-0.39, 0.29) is 0 Å². The second-order valence-electron chi connectivity index (χ2n) is 14.2. The number of rotatable bonds is 6. The summed E-state index contributed by atoms with van der Waals surface area (Å²) in [6.45, 7) is 14.9. The number of nitrogens with zero attached hydrogens (tertiary/aromatic N) is 2. The third kappa shape index (κ3) is 7.47. The van der Waals surface area contributed by atoms with Crippen LogP contribution in [-0.4, -0.2) is 68.4 Å². The summed E-state index contributed by atoms with van der Waals surface area (Å²) in [6, 6.07) is 17.5. The lowest BCUT2D eigenvalue weighted by molar-refractivity contribution is -0.293. The van der Waals surface area contributed by atoms with Crippen LogP contribution in [0, 0.1) is 0 Å². The third-order valence-corrected chi connectivity index (χ3v) is 8.19. The molecule has 2 aliphatic heterocycles. The van der Waals surface area contributed by atoms with Gasteiger partial charge in [0.05, 0.1) is 33.3 Å². The Morgan fingerprint density at radius 2 is 0.795 bits per heavy atom. The first-order valence-electron chi connectivity index (χ1n) is 15.0. The molecule has 238 valence electrons. The lowest BCUT2D eigenvalue weighted by Crippen LogP contribution is -2.64. The van der Waals surface area contributed by atoms with Gasteiger partial charge in [0.25, 0.3) is 0 Å². The van der Waals surface area contributed by atoms with Crippen molar-refractivity contribution >= 4 is 23.9 Å². The highest BCUT2D eigenvalue weighted by Gasteiger charge is 2.52. The largest absolute Gasteiger partial charge is 0.459 e. The van der Waals surface area contributed by atoms with E-state index < -0.39 is 58.2 Å². The van der Waals surface area contributed by atoms with Gasteiger partial charge in [-0.1, -0.05) is 36.4 Å². The maximum absolute atomic E-state index is 13.2. The van der Waals surface area contributed by atoms with Crippen molar-refractivity contribution in [2.75, 3.05) is 0 Å². The standard InChI is InChI=1S/C34H44N2O8/c1-31(2)19-25(41-27(37)23-15-11-9-12-16-23)20-32(3,4)35(31)43-29(39)30(40)44-36-33(5,6)21-26(22-34(36,7)8)42-28(38)24-17-13-10-14-18-24/h9-18,25-26H,19-22H2,1-8H3. The molecule has 2 aliphatic rings. The van der Waals surface area contributed by atoms with Crippen molar-refractivity contribution in [3.63, 3.8) is 0 Å². The minimum Gasteiger partial charge on any atom is -0.459 e. The predicted octanol–water partition coefficient (Wildman–Crippen LogP) is 5.66. The first kappa shape index (κ1) is 33.1. The van der Waals surface area contributed by atoms with Gasteiger partial charge in [0.15, 0.2) is 0 Å². The highest BCUT2D eigenvalue weighted by molar-refractivity contribution is 6.29. The van der Waals surface area contributed by atoms with Crippen LogP contribution in [0.4, 0.5) is 0 Å². The number of piperidine rings is 2. The number of hydroxylamine groups is 4. The molecule has 44 heavy (non-hydrogen) atoms. The van der Waals surface area contributed by atoms with Crippen molar-refractivity contribution < 1.29 is 38.3 Å². The zero-order valence-corrected chi connectivity index (χ0v) is 26.9. The molecule has 0 aromatic heterocycles. The molecule has 0 atom stereocenters. The topological polar surface area (TPSA) is 112 Å². The van der Waals surface area contributed by atoms with E-state index in [2.05, 4.69) is 0 Å². The van der Waals surface area contributed by atoms with Crippen LogP contribution in [0.25, 0.3) is 0 Å². The Hall–Kier alpha value is -3.76. The Morgan fingerprint density at radius 1 is 0.523 bits per heavy atom. The lowest BCUT2D eigenvalue weighted by atomic mass is 9.80. The average molecular weight is 609 g/mol. The fourth-order valence-corrected chi connectivity index (χ4v) is 6.83. The number of ether oxygens (including phenoxy) is 2. The molecule has 2 fully saturated rings. The Balaban J connectivity index is 1.39. The van der Waals surface area contributed by atoms with Gasteiger partial charge in [-0.15, -0.1) is 10.1 Å². The molecule has 0 spiro atoms. The molecule has 10 heteroatoms. The minimum absolute atomic E-state index is 0.382. The summed E-state index contributed by atoms with van der Waals surface area (Å²) in [5.41, 5.74) is -2.14. The number of hydrogen-bond donors (Lipinski definition) is 0. The molecule has 10 nitrogen and oxygen atoms in total. The van der Waals surface area contributed by atoms with Gasteiger partial charge in [-0.25, -0.2) is 19.2 Å². The van der Waals surface area contributed by atoms with Crippen molar-refractivity contribution in [1.82, 2.24) is 10.1 Å². The lowest BCUT2D eigenvalue weighted by Gasteiger charge is -2.53. The van der Waals surface area contributed by atoms with Gasteiger partial charge in [-0.3, -0.25) is 0 Å². The molecular weight excluding hydrogens is 564 g/mol. The SMILES string of the molecule is CC1(C)CC(OC(=O)c2ccccc2)CC(C)(C)N1OC(=O)C(=O)ON1C(C)(C)CC(OC(=O)c2ccccc2)CC1(C)C. The maximum Gasteiger partial charge on any atom is 0.438 e. The zero-order chi connectivity index (χ0) is 32.5. The van der Waals surface area contributed by atoms with E-state index in [4.69, 9.17) is 19.1 Å². The molecule has 2 aromatic rings. The Labute approximate surface area is 259 Å². The summed E-state index contributed by atoms with van der Waals surface area (Å²) in [5, 5.41) is 3.00. The van der Waals surface area contributed by atoms with E-state index in [0.29, 0.717) is 36.8 Å². The van der Waals surface area contributed by atoms with E-state index >= 15 is 0 Å². The number of hydrogen-bond acceptors (Lipinski definition) is 10. The molecule has 4 rings (SSSR count). The molecule has 0 aliphatic carbocycles. The van der Waals surface area contributed by atoms with Crippen LogP contribution < -0.4 is 0 Å². The molecule has 2 saturated heterocycles. The summed E-state index contributed by atoms with van der Waals surface area (Å²) in [4.78, 5) is 63.2. The molecule has 0 amide bonds. The van der Waals surface area contributed by atoms with Crippen molar-refractivity contribution in [3.8, 4) is 0 Å². The van der Waals surface area contributed by atoms with Crippen LogP contribution >= 0.6 is 0 Å². The number of benzene rings is 2. The van der Waals surface area contributed by atoms with Gasteiger partial charge in [0.2, 0.25) is 0 Å². The van der Waals surface area contributed by atoms with Crippen LogP contribution in [0.5, 0.6) is 0 Å². The van der Waals surface area contributed by atoms with E-state index in [1.54, 1.807) is 48.5 Å². The van der Waals surface area contributed by atoms with Gasteiger partial charge in [-0.05, 0) is 79.7 Å². The van der Waals surface area contributed by atoms with E-state index in [1.807, 2.05) is 67.5 Å².